The van der Waals surface area contributed by atoms with E-state index in [0.29, 0.717) is 19.8 Å². The van der Waals surface area contributed by atoms with Gasteiger partial charge in [-0.15, -0.1) is 0 Å². The molecule has 0 unspecified atom stereocenters. The van der Waals surface area contributed by atoms with Crippen LogP contribution in [0, 0.1) is 0 Å². The lowest BCUT2D eigenvalue weighted by Gasteiger charge is -2.25. The number of rotatable bonds is 13. The molecule has 132 valence electrons. The largest absolute Gasteiger partial charge is 0.585 e. The predicted molar refractivity (Wildman–Crippen MR) is 104 cm³/mol. The van der Waals surface area contributed by atoms with Crippen LogP contribution in [-0.4, -0.2) is 44.6 Å². The number of hydrogen-bond acceptors (Lipinski definition) is 8. The van der Waals surface area contributed by atoms with Crippen LogP contribution in [0.1, 0.15) is 34.1 Å². The second-order valence-corrected chi connectivity index (χ2v) is 13.8. The molecule has 0 aliphatic carbocycles. The second kappa shape index (κ2) is 18.1. The first-order valence-corrected chi connectivity index (χ1v) is 14.4. The van der Waals surface area contributed by atoms with Crippen LogP contribution in [0.15, 0.2) is 12.7 Å². The molecule has 0 saturated carbocycles. The fraction of sp³-hybridized carbons (Fsp3) is 0.750. The zero-order valence-corrected chi connectivity index (χ0v) is 17.8. The summed E-state index contributed by atoms with van der Waals surface area (Å²) in [5.74, 6) is 0.190. The smallest absolute Gasteiger partial charge is 0.478 e. The number of carbonyl (C=O) groups is 1. The van der Waals surface area contributed by atoms with E-state index in [1.807, 2.05) is 31.6 Å². The number of carboxylic acids is 1. The molecule has 0 aromatic rings. The van der Waals surface area contributed by atoms with Crippen LogP contribution in [0.25, 0.3) is 0 Å². The quantitative estimate of drug-likeness (QED) is 0.199. The minimum absolute atomic E-state index is 0.631. The Labute approximate surface area is 149 Å². The molecule has 1 N–H and O–H groups in total. The van der Waals surface area contributed by atoms with Gasteiger partial charge in [-0.05, 0) is 57.1 Å². The first kappa shape index (κ1) is 25.0. The summed E-state index contributed by atoms with van der Waals surface area (Å²) in [5.41, 5.74) is 0. The molecule has 0 aromatic heterocycles. The maximum Gasteiger partial charge on any atom is 0.585 e. The molecule has 0 spiro atoms. The van der Waals surface area contributed by atoms with Crippen LogP contribution in [0.5, 0.6) is 0 Å². The van der Waals surface area contributed by atoms with Crippen LogP contribution >= 0.6 is 40.7 Å². The Kier molecular flexibility index (Phi) is 20.5. The Morgan fingerprint density at radius 3 is 1.86 bits per heavy atom. The van der Waals surface area contributed by atoms with Crippen LogP contribution in [0.4, 0.5) is 0 Å². The molecule has 0 fully saturated rings. The number of hydrogen-bond donors (Lipinski definition) is 1. The summed E-state index contributed by atoms with van der Waals surface area (Å²) >= 11 is 0. The summed E-state index contributed by atoms with van der Waals surface area (Å²) in [5, 5.41) is 7.60. The molecule has 0 radical (unpaired) electrons. The Hall–Kier alpha value is 0.707. The van der Waals surface area contributed by atoms with E-state index in [0.717, 1.165) is 6.08 Å². The van der Waals surface area contributed by atoms with Gasteiger partial charge in [0.15, 0.2) is 0 Å². The zero-order chi connectivity index (χ0) is 17.3. The van der Waals surface area contributed by atoms with Gasteiger partial charge in [0.25, 0.3) is 0 Å². The highest BCUT2D eigenvalue weighted by Crippen LogP contribution is 2.48. The molecule has 0 atom stereocenters. The van der Waals surface area contributed by atoms with Gasteiger partial charge in [-0.1, -0.05) is 24.3 Å². The Morgan fingerprint density at radius 1 is 1.09 bits per heavy atom. The van der Waals surface area contributed by atoms with Crippen molar-refractivity contribution >= 4 is 54.6 Å². The van der Waals surface area contributed by atoms with E-state index in [1.165, 1.54) is 12.2 Å². The van der Waals surface area contributed by atoms with Gasteiger partial charge in [-0.25, -0.2) is 4.79 Å². The molecule has 5 nitrogen and oxygen atoms in total. The molecule has 0 amide bonds. The van der Waals surface area contributed by atoms with E-state index in [2.05, 4.69) is 13.5 Å². The third-order valence-corrected chi connectivity index (χ3v) is 14.5. The van der Waals surface area contributed by atoms with Crippen LogP contribution in [-0.2, 0) is 18.1 Å². The van der Waals surface area contributed by atoms with Gasteiger partial charge in [0.2, 0.25) is 0 Å². The average Bonchev–Trinajstić information content (AvgIpc) is 2.48. The summed E-state index contributed by atoms with van der Waals surface area (Å²) in [4.78, 5) is 9.25. The second-order valence-electron chi connectivity index (χ2n) is 3.38. The van der Waals surface area contributed by atoms with Gasteiger partial charge in [0, 0.05) is 31.6 Å². The Bertz CT molecular complexity index is 267. The standard InChI is InChI=1S/C9H22O3S4Si.C3H4O2/c1-5-9-13-14-15-16-17(10-6-2,11-7-3)12-8-4;1-2-3(4)5/h5-9H2,1-4H3;2H,1H2,(H,4,5). The molecular weight excluding hydrogens is 380 g/mol. The summed E-state index contributed by atoms with van der Waals surface area (Å²) in [7, 11) is 4.45. The highest BCUT2D eigenvalue weighted by atomic mass is 33.7. The van der Waals surface area contributed by atoms with Gasteiger partial charge in [0.05, 0.1) is 0 Å². The molecule has 22 heavy (non-hydrogen) atoms. The SMILES string of the molecule is C=CC(=O)O.CCCSSSS[Si](OCC)(OCC)OCC. The lowest BCUT2D eigenvalue weighted by Crippen LogP contribution is -2.42. The Balaban J connectivity index is 0. The van der Waals surface area contributed by atoms with Crippen molar-refractivity contribution in [2.45, 2.75) is 34.1 Å². The summed E-state index contributed by atoms with van der Waals surface area (Å²) in [6.07, 6.45) is 2.04. The van der Waals surface area contributed by atoms with Crippen LogP contribution < -0.4 is 0 Å². The van der Waals surface area contributed by atoms with E-state index in [9.17, 15) is 4.79 Å². The molecule has 0 bridgehead atoms. The predicted octanol–water partition coefficient (Wildman–Crippen LogP) is 4.88. The van der Waals surface area contributed by atoms with Crippen LogP contribution in [0.2, 0.25) is 0 Å². The fourth-order valence-electron chi connectivity index (χ4n) is 0.920. The van der Waals surface area contributed by atoms with Crippen molar-refractivity contribution in [3.8, 4) is 0 Å². The minimum Gasteiger partial charge on any atom is -0.478 e. The van der Waals surface area contributed by atoms with Crippen molar-refractivity contribution in [1.82, 2.24) is 0 Å². The van der Waals surface area contributed by atoms with E-state index in [1.54, 1.807) is 29.9 Å². The third-order valence-electron chi connectivity index (χ3n) is 1.64. The molecule has 0 rings (SSSR count). The molecule has 0 saturated heterocycles. The highest BCUT2D eigenvalue weighted by molar-refractivity contribution is 9.28. The molecule has 0 aliphatic rings. The van der Waals surface area contributed by atoms with Crippen molar-refractivity contribution < 1.29 is 23.2 Å². The van der Waals surface area contributed by atoms with Crippen LogP contribution in [0.3, 0.4) is 0 Å². The molecule has 0 heterocycles. The number of aliphatic carboxylic acids is 1. The van der Waals surface area contributed by atoms with Crippen molar-refractivity contribution in [2.75, 3.05) is 25.6 Å². The highest BCUT2D eigenvalue weighted by Gasteiger charge is 2.43. The molecule has 10 heteroatoms. The average molecular weight is 407 g/mol. The lowest BCUT2D eigenvalue weighted by molar-refractivity contribution is -0.131. The maximum atomic E-state index is 9.25. The maximum absolute atomic E-state index is 9.25. The van der Waals surface area contributed by atoms with E-state index >= 15 is 0 Å². The Morgan fingerprint density at radius 2 is 1.55 bits per heavy atom. The molecule has 0 aliphatic heterocycles. The molecular formula is C12H26O5S4Si. The van der Waals surface area contributed by atoms with Gasteiger partial charge in [-0.3, -0.25) is 0 Å². The summed E-state index contributed by atoms with van der Waals surface area (Å²) in [6.45, 7) is 13.0. The normalized spacial score (nSPS) is 10.7. The monoisotopic (exact) mass is 406 g/mol. The van der Waals surface area contributed by atoms with Gasteiger partial charge >= 0.3 is 13.9 Å². The molecule has 0 aromatic carbocycles. The zero-order valence-electron chi connectivity index (χ0n) is 13.5. The van der Waals surface area contributed by atoms with Gasteiger partial charge in [-0.2, -0.15) is 0 Å². The minimum atomic E-state index is -2.51. The lowest BCUT2D eigenvalue weighted by atomic mass is 10.6. The van der Waals surface area contributed by atoms with E-state index < -0.39 is 13.9 Å². The van der Waals surface area contributed by atoms with Gasteiger partial charge < -0.3 is 18.4 Å². The van der Waals surface area contributed by atoms with Crippen molar-refractivity contribution in [3.63, 3.8) is 0 Å². The third kappa shape index (κ3) is 15.6. The summed E-state index contributed by atoms with van der Waals surface area (Å²) < 4.78 is 17.2. The van der Waals surface area contributed by atoms with Gasteiger partial charge in [0.1, 0.15) is 0 Å². The van der Waals surface area contributed by atoms with Crippen molar-refractivity contribution in [2.24, 2.45) is 0 Å². The first-order valence-electron chi connectivity index (χ1n) is 6.92. The van der Waals surface area contributed by atoms with Crippen molar-refractivity contribution in [3.05, 3.63) is 12.7 Å². The number of carboxylic acid groups (broad SMARTS) is 1. The topological polar surface area (TPSA) is 65.0 Å². The summed E-state index contributed by atoms with van der Waals surface area (Å²) in [6, 6.07) is 0. The fourth-order valence-corrected chi connectivity index (χ4v) is 15.0. The van der Waals surface area contributed by atoms with E-state index in [4.69, 9.17) is 18.4 Å². The van der Waals surface area contributed by atoms with Crippen molar-refractivity contribution in [1.29, 1.82) is 0 Å². The van der Waals surface area contributed by atoms with E-state index in [-0.39, 0.29) is 0 Å². The first-order chi connectivity index (χ1) is 10.5.